The molecule has 3 rings (SSSR count). The fourth-order valence-corrected chi connectivity index (χ4v) is 3.19. The maximum absolute atomic E-state index is 13.8. The average molecular weight is 346 g/mol. The number of imidazole rings is 1. The maximum Gasteiger partial charge on any atom is 0.287 e. The highest BCUT2D eigenvalue weighted by Crippen LogP contribution is 2.29. The van der Waals surface area contributed by atoms with Crippen molar-refractivity contribution in [1.82, 2.24) is 14.9 Å². The topological polar surface area (TPSA) is 70.4 Å². The van der Waals surface area contributed by atoms with Gasteiger partial charge in [-0.2, -0.15) is 0 Å². The molecule has 2 heterocycles. The Morgan fingerprint density at radius 3 is 2.76 bits per heavy atom. The molecule has 2 aromatic rings. The van der Waals surface area contributed by atoms with Gasteiger partial charge in [-0.05, 0) is 38.0 Å². The number of amides is 1. The van der Waals surface area contributed by atoms with Crippen molar-refractivity contribution >= 4 is 11.6 Å². The molecule has 25 heavy (non-hydrogen) atoms. The monoisotopic (exact) mass is 346 g/mol. The van der Waals surface area contributed by atoms with Crippen LogP contribution in [-0.4, -0.2) is 39.8 Å². The lowest BCUT2D eigenvalue weighted by Crippen LogP contribution is -2.37. The van der Waals surface area contributed by atoms with Crippen molar-refractivity contribution in [3.05, 3.63) is 47.8 Å². The van der Waals surface area contributed by atoms with E-state index >= 15 is 0 Å². The molecule has 1 amide bonds. The van der Waals surface area contributed by atoms with E-state index in [0.717, 1.165) is 11.3 Å². The summed E-state index contributed by atoms with van der Waals surface area (Å²) in [6.07, 6.45) is 4.36. The summed E-state index contributed by atoms with van der Waals surface area (Å²) in [6, 6.07) is 4.26. The van der Waals surface area contributed by atoms with Crippen molar-refractivity contribution in [1.29, 1.82) is 0 Å². The predicted molar refractivity (Wildman–Crippen MR) is 92.9 cm³/mol. The minimum Gasteiger partial charge on any atom is -0.393 e. The van der Waals surface area contributed by atoms with Crippen LogP contribution in [0.3, 0.4) is 0 Å². The first-order chi connectivity index (χ1) is 12.0. The van der Waals surface area contributed by atoms with E-state index in [9.17, 15) is 14.3 Å². The van der Waals surface area contributed by atoms with Crippen molar-refractivity contribution < 1.29 is 14.3 Å². The highest BCUT2D eigenvalue weighted by atomic mass is 19.1. The zero-order chi connectivity index (χ0) is 18.0. The molecule has 0 spiro atoms. The Morgan fingerprint density at radius 1 is 1.40 bits per heavy atom. The number of hydrogen-bond donors (Lipinski definition) is 2. The van der Waals surface area contributed by atoms with E-state index in [-0.39, 0.29) is 23.9 Å². The van der Waals surface area contributed by atoms with Crippen LogP contribution in [0.5, 0.6) is 0 Å². The van der Waals surface area contributed by atoms with Gasteiger partial charge in [-0.1, -0.05) is 0 Å². The summed E-state index contributed by atoms with van der Waals surface area (Å²) < 4.78 is 15.5. The predicted octanol–water partition coefficient (Wildman–Crippen LogP) is 2.01. The van der Waals surface area contributed by atoms with Crippen LogP contribution in [0.1, 0.15) is 42.0 Å². The zero-order valence-electron chi connectivity index (χ0n) is 14.4. The van der Waals surface area contributed by atoms with Crippen molar-refractivity contribution in [2.45, 2.75) is 31.9 Å². The third-order valence-corrected chi connectivity index (χ3v) is 4.63. The van der Waals surface area contributed by atoms with Crippen molar-refractivity contribution in [3.63, 3.8) is 0 Å². The molecule has 0 radical (unpaired) electrons. The number of hydrogen-bond acceptors (Lipinski definition) is 4. The lowest BCUT2D eigenvalue weighted by molar-refractivity contribution is 0.0926. The van der Waals surface area contributed by atoms with Gasteiger partial charge in [0.05, 0.1) is 12.1 Å². The van der Waals surface area contributed by atoms with Gasteiger partial charge >= 0.3 is 0 Å². The molecule has 0 saturated carbocycles. The average Bonchev–Trinajstić information content (AvgIpc) is 3.02. The molecule has 0 bridgehead atoms. The molecule has 1 atom stereocenters. The minimum atomic E-state index is -0.373. The SMILES string of the molecule is C[C@@H](NC(=O)c1nccn1C)c1cc(F)ccc1N1CCC(O)CC1. The van der Waals surface area contributed by atoms with Gasteiger partial charge in [-0.3, -0.25) is 4.79 Å². The quantitative estimate of drug-likeness (QED) is 0.888. The molecule has 7 heteroatoms. The van der Waals surface area contributed by atoms with Crippen LogP contribution in [0.25, 0.3) is 0 Å². The van der Waals surface area contributed by atoms with Crippen LogP contribution in [0.15, 0.2) is 30.6 Å². The molecule has 1 fully saturated rings. The Labute approximate surface area is 146 Å². The number of aliphatic hydroxyl groups is 1. The second kappa shape index (κ2) is 7.23. The number of rotatable bonds is 4. The molecule has 1 aliphatic rings. The summed E-state index contributed by atoms with van der Waals surface area (Å²) in [5, 5.41) is 12.6. The summed E-state index contributed by atoms with van der Waals surface area (Å²) in [7, 11) is 1.75. The second-order valence-electron chi connectivity index (χ2n) is 6.48. The van der Waals surface area contributed by atoms with E-state index in [0.29, 0.717) is 31.8 Å². The molecule has 1 aliphatic heterocycles. The third-order valence-electron chi connectivity index (χ3n) is 4.63. The Balaban J connectivity index is 1.81. The number of aliphatic hydroxyl groups excluding tert-OH is 1. The van der Waals surface area contributed by atoms with Crippen LogP contribution in [-0.2, 0) is 7.05 Å². The zero-order valence-corrected chi connectivity index (χ0v) is 14.4. The number of carbonyl (C=O) groups is 1. The minimum absolute atomic E-state index is 0.277. The van der Waals surface area contributed by atoms with Crippen LogP contribution >= 0.6 is 0 Å². The molecule has 6 nitrogen and oxygen atoms in total. The fourth-order valence-electron chi connectivity index (χ4n) is 3.19. The number of halogens is 1. The van der Waals surface area contributed by atoms with Crippen LogP contribution in [0.4, 0.5) is 10.1 Å². The molecule has 2 N–H and O–H groups in total. The van der Waals surface area contributed by atoms with Crippen LogP contribution in [0, 0.1) is 5.82 Å². The van der Waals surface area contributed by atoms with Crippen molar-refractivity contribution in [3.8, 4) is 0 Å². The maximum atomic E-state index is 13.8. The number of piperidine rings is 1. The number of nitrogens with zero attached hydrogens (tertiary/aromatic N) is 3. The van der Waals surface area contributed by atoms with Gasteiger partial charge in [0.2, 0.25) is 0 Å². The summed E-state index contributed by atoms with van der Waals surface area (Å²) >= 11 is 0. The van der Waals surface area contributed by atoms with Gasteiger partial charge in [-0.25, -0.2) is 9.37 Å². The van der Waals surface area contributed by atoms with E-state index < -0.39 is 0 Å². The summed E-state index contributed by atoms with van der Waals surface area (Å²) in [5.74, 6) is -0.330. The lowest BCUT2D eigenvalue weighted by Gasteiger charge is -2.34. The molecule has 1 aromatic heterocycles. The Morgan fingerprint density at radius 2 is 2.12 bits per heavy atom. The van der Waals surface area contributed by atoms with Gasteiger partial charge in [0.15, 0.2) is 5.82 Å². The smallest absolute Gasteiger partial charge is 0.287 e. The first-order valence-electron chi connectivity index (χ1n) is 8.46. The third kappa shape index (κ3) is 3.82. The van der Waals surface area contributed by atoms with Gasteiger partial charge in [-0.15, -0.1) is 0 Å². The Hall–Kier alpha value is -2.41. The van der Waals surface area contributed by atoms with Crippen molar-refractivity contribution in [2.24, 2.45) is 7.05 Å². The Bertz CT molecular complexity index is 753. The van der Waals surface area contributed by atoms with E-state index in [1.54, 1.807) is 30.1 Å². The molecular formula is C18H23FN4O2. The highest BCUT2D eigenvalue weighted by Gasteiger charge is 2.23. The molecule has 1 aromatic carbocycles. The normalized spacial score (nSPS) is 16.7. The Kier molecular flexibility index (Phi) is 5.03. The molecule has 134 valence electrons. The molecule has 1 saturated heterocycles. The molecular weight excluding hydrogens is 323 g/mol. The first kappa shape index (κ1) is 17.4. The highest BCUT2D eigenvalue weighted by molar-refractivity contribution is 5.91. The first-order valence-corrected chi connectivity index (χ1v) is 8.46. The number of nitrogens with one attached hydrogen (secondary N) is 1. The number of aromatic nitrogens is 2. The van der Waals surface area contributed by atoms with Gasteiger partial charge < -0.3 is 19.9 Å². The van der Waals surface area contributed by atoms with E-state index in [4.69, 9.17) is 0 Å². The molecule has 0 aliphatic carbocycles. The fraction of sp³-hybridized carbons (Fsp3) is 0.444. The van der Waals surface area contributed by atoms with Crippen LogP contribution in [0.2, 0.25) is 0 Å². The summed E-state index contributed by atoms with van der Waals surface area (Å²) in [5.41, 5.74) is 1.61. The van der Waals surface area contributed by atoms with Gasteiger partial charge in [0, 0.05) is 43.8 Å². The van der Waals surface area contributed by atoms with Gasteiger partial charge in [0.1, 0.15) is 5.82 Å². The summed E-state index contributed by atoms with van der Waals surface area (Å²) in [4.78, 5) is 18.6. The lowest BCUT2D eigenvalue weighted by atomic mass is 10.0. The number of carbonyl (C=O) groups excluding carboxylic acids is 1. The second-order valence-corrected chi connectivity index (χ2v) is 6.48. The number of anilines is 1. The van der Waals surface area contributed by atoms with Gasteiger partial charge in [0.25, 0.3) is 5.91 Å². The standard InChI is InChI=1S/C18H23FN4O2/c1-12(21-18(25)17-20-7-10-22(17)2)15-11-13(19)3-4-16(15)23-8-5-14(24)6-9-23/h3-4,7,10-12,14,24H,5-6,8-9H2,1-2H3,(H,21,25)/t12-/m1/s1. The van der Waals surface area contributed by atoms with E-state index in [1.807, 2.05) is 6.92 Å². The largest absolute Gasteiger partial charge is 0.393 e. The molecule has 0 unspecified atom stereocenters. The summed E-state index contributed by atoms with van der Waals surface area (Å²) in [6.45, 7) is 3.25. The number of aryl methyl sites for hydroxylation is 1. The number of benzene rings is 1. The van der Waals surface area contributed by atoms with Crippen molar-refractivity contribution in [2.75, 3.05) is 18.0 Å². The van der Waals surface area contributed by atoms with E-state index in [1.165, 1.54) is 12.1 Å². The van der Waals surface area contributed by atoms with Crippen LogP contribution < -0.4 is 10.2 Å². The van der Waals surface area contributed by atoms with E-state index in [2.05, 4.69) is 15.2 Å².